The number of pyridine rings is 1. The van der Waals surface area contributed by atoms with E-state index in [4.69, 9.17) is 16.3 Å². The molecule has 3 aromatic heterocycles. The summed E-state index contributed by atoms with van der Waals surface area (Å²) in [4.78, 5) is 11.2. The van der Waals surface area contributed by atoms with E-state index in [0.29, 0.717) is 33.7 Å². The van der Waals surface area contributed by atoms with Crippen LogP contribution in [-0.4, -0.2) is 43.4 Å². The van der Waals surface area contributed by atoms with E-state index in [9.17, 15) is 28.3 Å². The number of carboxylic acid groups (broad SMARTS) is 1. The van der Waals surface area contributed by atoms with Gasteiger partial charge in [-0.05, 0) is 48.0 Å². The number of aromatic carboxylic acids is 1. The Bertz CT molecular complexity index is 1730. The van der Waals surface area contributed by atoms with Crippen molar-refractivity contribution in [2.24, 2.45) is 7.05 Å². The van der Waals surface area contributed by atoms with Gasteiger partial charge in [-0.25, -0.2) is 4.79 Å². The fourth-order valence-electron chi connectivity index (χ4n) is 4.49. The van der Waals surface area contributed by atoms with Crippen molar-refractivity contribution in [3.05, 3.63) is 113 Å². The van der Waals surface area contributed by atoms with Crippen molar-refractivity contribution in [3.63, 3.8) is 0 Å². The number of alkyl halides is 3. The summed E-state index contributed by atoms with van der Waals surface area (Å²) in [6.07, 6.45) is 2.15. The number of aryl methyl sites for hydroxylation is 1. The van der Waals surface area contributed by atoms with Crippen LogP contribution >= 0.6 is 11.6 Å². The molecule has 5 aromatic rings. The first kappa shape index (κ1) is 28.7. The highest BCUT2D eigenvalue weighted by Gasteiger charge is 2.30. The standard InChI is InChI=1S/C29H23ClF3N5O4/c1-36-11-10-23(35-36)13-26(37-15-21(14-34-37)18-2-4-19(5-3-18)28(39)40)25-8-6-20(16-38(25)41)24-12-22(30)7-9-27(24)42-17-29(31,32)33/h2-12,14-16,26H,13,17H2,1H3,(H,39,40)/t26-/m0/s1. The average Bonchev–Trinajstić information content (AvgIpc) is 3.60. The van der Waals surface area contributed by atoms with Crippen LogP contribution in [0.4, 0.5) is 13.2 Å². The molecule has 0 spiro atoms. The number of carboxylic acids is 1. The quantitative estimate of drug-likeness (QED) is 0.172. The predicted octanol–water partition coefficient (Wildman–Crippen LogP) is 5.71. The molecule has 0 saturated heterocycles. The zero-order chi connectivity index (χ0) is 30.0. The highest BCUT2D eigenvalue weighted by atomic mass is 35.5. The lowest BCUT2D eigenvalue weighted by atomic mass is 10.0. The van der Waals surface area contributed by atoms with Crippen molar-refractivity contribution >= 4 is 17.6 Å². The lowest BCUT2D eigenvalue weighted by Crippen LogP contribution is -2.36. The molecule has 42 heavy (non-hydrogen) atoms. The Morgan fingerprint density at radius 2 is 1.83 bits per heavy atom. The maximum absolute atomic E-state index is 13.5. The first-order valence-electron chi connectivity index (χ1n) is 12.6. The summed E-state index contributed by atoms with van der Waals surface area (Å²) in [6, 6.07) is 14.9. The molecule has 2 aromatic carbocycles. The molecule has 5 rings (SSSR count). The molecule has 9 nitrogen and oxygen atoms in total. The molecule has 216 valence electrons. The summed E-state index contributed by atoms with van der Waals surface area (Å²) in [7, 11) is 1.78. The van der Waals surface area contributed by atoms with Gasteiger partial charge in [0.2, 0.25) is 5.69 Å². The number of rotatable bonds is 9. The van der Waals surface area contributed by atoms with E-state index in [1.807, 2.05) is 6.07 Å². The van der Waals surface area contributed by atoms with Crippen molar-refractivity contribution in [1.82, 2.24) is 19.6 Å². The van der Waals surface area contributed by atoms with Crippen LogP contribution in [-0.2, 0) is 13.5 Å². The maximum atomic E-state index is 13.5. The fourth-order valence-corrected chi connectivity index (χ4v) is 4.66. The highest BCUT2D eigenvalue weighted by molar-refractivity contribution is 6.31. The van der Waals surface area contributed by atoms with Crippen LogP contribution in [0.25, 0.3) is 22.3 Å². The minimum Gasteiger partial charge on any atom is -0.618 e. The largest absolute Gasteiger partial charge is 0.618 e. The van der Waals surface area contributed by atoms with Crippen LogP contribution in [0.3, 0.4) is 0 Å². The van der Waals surface area contributed by atoms with E-state index in [-0.39, 0.29) is 21.9 Å². The smallest absolute Gasteiger partial charge is 0.422 e. The molecule has 0 amide bonds. The van der Waals surface area contributed by atoms with E-state index in [0.717, 1.165) is 5.56 Å². The molecule has 1 atom stereocenters. The van der Waals surface area contributed by atoms with Crippen LogP contribution in [0.1, 0.15) is 27.8 Å². The molecular weight excluding hydrogens is 575 g/mol. The van der Waals surface area contributed by atoms with Gasteiger partial charge >= 0.3 is 12.1 Å². The zero-order valence-corrected chi connectivity index (χ0v) is 22.8. The Balaban J connectivity index is 1.51. The molecule has 13 heteroatoms. The number of aromatic nitrogens is 5. The van der Waals surface area contributed by atoms with Gasteiger partial charge in [0.05, 0.1) is 23.0 Å². The summed E-state index contributed by atoms with van der Waals surface area (Å²) in [5.41, 5.74) is 3.14. The van der Waals surface area contributed by atoms with E-state index < -0.39 is 24.8 Å². The van der Waals surface area contributed by atoms with E-state index in [1.165, 1.54) is 36.5 Å². The third-order valence-electron chi connectivity index (χ3n) is 6.49. The zero-order valence-electron chi connectivity index (χ0n) is 22.0. The molecule has 0 fully saturated rings. The molecule has 0 aliphatic carbocycles. The Kier molecular flexibility index (Phi) is 7.90. The van der Waals surface area contributed by atoms with Crippen molar-refractivity contribution < 1.29 is 32.5 Å². The van der Waals surface area contributed by atoms with Crippen molar-refractivity contribution in [1.29, 1.82) is 0 Å². The van der Waals surface area contributed by atoms with Gasteiger partial charge in [0, 0.05) is 48.1 Å². The second kappa shape index (κ2) is 11.6. The van der Waals surface area contributed by atoms with Crippen molar-refractivity contribution in [2.45, 2.75) is 18.6 Å². The SMILES string of the molecule is Cn1ccc(C[C@@H](c2ccc(-c3cc(Cl)ccc3OCC(F)(F)F)c[n+]2[O-])n2cc(-c3ccc(C(=O)O)cc3)cn2)n1. The molecule has 0 unspecified atom stereocenters. The maximum Gasteiger partial charge on any atom is 0.422 e. The van der Waals surface area contributed by atoms with Gasteiger partial charge in [0.25, 0.3) is 0 Å². The van der Waals surface area contributed by atoms with Gasteiger partial charge in [0.1, 0.15) is 11.8 Å². The first-order valence-corrected chi connectivity index (χ1v) is 12.9. The summed E-state index contributed by atoms with van der Waals surface area (Å²) in [5, 5.41) is 31.8. The Morgan fingerprint density at radius 1 is 1.10 bits per heavy atom. The summed E-state index contributed by atoms with van der Waals surface area (Å²) in [5.74, 6) is -1.10. The van der Waals surface area contributed by atoms with Gasteiger partial charge in [-0.15, -0.1) is 0 Å². The number of halogens is 4. The molecule has 0 saturated carbocycles. The minimum atomic E-state index is -4.54. The predicted molar refractivity (Wildman–Crippen MR) is 147 cm³/mol. The molecule has 0 aliphatic heterocycles. The Labute approximate surface area is 242 Å². The molecule has 1 N–H and O–H groups in total. The number of nitrogens with zero attached hydrogens (tertiary/aromatic N) is 5. The van der Waals surface area contributed by atoms with Crippen molar-refractivity contribution in [3.8, 4) is 28.0 Å². The molecule has 0 aliphatic rings. The summed E-state index contributed by atoms with van der Waals surface area (Å²) < 4.78 is 47.3. The van der Waals surface area contributed by atoms with Crippen molar-refractivity contribution in [2.75, 3.05) is 6.61 Å². The average molecular weight is 598 g/mol. The summed E-state index contributed by atoms with van der Waals surface area (Å²) in [6.45, 7) is -1.50. The third kappa shape index (κ3) is 6.55. The molecule has 0 bridgehead atoms. The lowest BCUT2D eigenvalue weighted by Gasteiger charge is -2.18. The molecule has 3 heterocycles. The second-order valence-electron chi connectivity index (χ2n) is 9.50. The summed E-state index contributed by atoms with van der Waals surface area (Å²) >= 11 is 6.12. The van der Waals surface area contributed by atoms with Crippen LogP contribution in [0.5, 0.6) is 5.75 Å². The highest BCUT2D eigenvalue weighted by Crippen LogP contribution is 2.34. The van der Waals surface area contributed by atoms with Crippen LogP contribution in [0, 0.1) is 5.21 Å². The van der Waals surface area contributed by atoms with Crippen LogP contribution < -0.4 is 9.47 Å². The van der Waals surface area contributed by atoms with Crippen LogP contribution in [0.2, 0.25) is 5.02 Å². The topological polar surface area (TPSA) is 109 Å². The number of benzene rings is 2. The van der Waals surface area contributed by atoms with E-state index >= 15 is 0 Å². The Morgan fingerprint density at radius 3 is 2.48 bits per heavy atom. The van der Waals surface area contributed by atoms with E-state index in [1.54, 1.807) is 59.3 Å². The lowest BCUT2D eigenvalue weighted by molar-refractivity contribution is -0.615. The van der Waals surface area contributed by atoms with Gasteiger partial charge in [-0.1, -0.05) is 23.7 Å². The normalized spacial score (nSPS) is 12.3. The fraction of sp³-hybridized carbons (Fsp3) is 0.172. The van der Waals surface area contributed by atoms with Gasteiger partial charge in [-0.2, -0.15) is 28.1 Å². The molecular formula is C29H23ClF3N5O4. The second-order valence-corrected chi connectivity index (χ2v) is 9.94. The van der Waals surface area contributed by atoms with Crippen LogP contribution in [0.15, 0.2) is 85.5 Å². The van der Waals surface area contributed by atoms with E-state index in [2.05, 4.69) is 10.2 Å². The number of hydrogen-bond donors (Lipinski definition) is 1. The number of ether oxygens (including phenoxy) is 1. The third-order valence-corrected chi connectivity index (χ3v) is 6.72. The minimum absolute atomic E-state index is 0.0693. The number of hydrogen-bond acceptors (Lipinski definition) is 5. The van der Waals surface area contributed by atoms with Gasteiger partial charge < -0.3 is 15.1 Å². The monoisotopic (exact) mass is 597 g/mol. The first-order chi connectivity index (χ1) is 20.0. The van der Waals surface area contributed by atoms with Gasteiger partial charge in [0.15, 0.2) is 12.8 Å². The number of carbonyl (C=O) groups is 1. The van der Waals surface area contributed by atoms with Gasteiger partial charge in [-0.3, -0.25) is 9.36 Å². The molecule has 0 radical (unpaired) electrons. The Hall–Kier alpha value is -4.84.